The standard InChI is InChI=1S/C16H17N3O2/c20-16(15-2-1-9-21-15)19-11-12-3-8-18-14(10-12)13-4-6-17-7-5-13/h3-8,10,15H,1-2,9,11H2,(H,19,20). The van der Waals surface area contributed by atoms with Gasteiger partial charge in [0.25, 0.3) is 0 Å². The van der Waals surface area contributed by atoms with E-state index < -0.39 is 0 Å². The Morgan fingerprint density at radius 2 is 2.14 bits per heavy atom. The summed E-state index contributed by atoms with van der Waals surface area (Å²) in [6.07, 6.45) is 6.71. The molecule has 1 aliphatic heterocycles. The Bertz CT molecular complexity index is 610. The van der Waals surface area contributed by atoms with E-state index in [0.717, 1.165) is 29.7 Å². The first-order chi connectivity index (χ1) is 10.3. The molecule has 0 spiro atoms. The second kappa shape index (κ2) is 6.45. The van der Waals surface area contributed by atoms with E-state index in [4.69, 9.17) is 4.74 Å². The van der Waals surface area contributed by atoms with Crippen LogP contribution < -0.4 is 5.32 Å². The van der Waals surface area contributed by atoms with E-state index in [0.29, 0.717) is 13.2 Å². The molecule has 21 heavy (non-hydrogen) atoms. The molecular formula is C16H17N3O2. The minimum Gasteiger partial charge on any atom is -0.368 e. The number of amides is 1. The van der Waals surface area contributed by atoms with Crippen LogP contribution in [0.2, 0.25) is 0 Å². The number of nitrogens with zero attached hydrogens (tertiary/aromatic N) is 2. The topological polar surface area (TPSA) is 64.1 Å². The summed E-state index contributed by atoms with van der Waals surface area (Å²) in [4.78, 5) is 20.3. The van der Waals surface area contributed by atoms with Crippen molar-refractivity contribution in [3.8, 4) is 11.3 Å². The number of rotatable bonds is 4. The van der Waals surface area contributed by atoms with Gasteiger partial charge in [0.1, 0.15) is 6.10 Å². The summed E-state index contributed by atoms with van der Waals surface area (Å²) < 4.78 is 5.36. The lowest BCUT2D eigenvalue weighted by atomic mass is 10.1. The fraction of sp³-hybridized carbons (Fsp3) is 0.312. The first-order valence-corrected chi connectivity index (χ1v) is 7.07. The molecule has 3 rings (SSSR count). The van der Waals surface area contributed by atoms with Crippen LogP contribution in [-0.2, 0) is 16.1 Å². The molecular weight excluding hydrogens is 266 g/mol. The zero-order valence-corrected chi connectivity index (χ0v) is 11.7. The first-order valence-electron chi connectivity index (χ1n) is 7.07. The molecule has 1 aliphatic rings. The summed E-state index contributed by atoms with van der Waals surface area (Å²) in [5.74, 6) is -0.0326. The molecule has 0 saturated carbocycles. The van der Waals surface area contributed by atoms with Gasteiger partial charge in [-0.3, -0.25) is 14.8 Å². The average molecular weight is 283 g/mol. The van der Waals surface area contributed by atoms with Gasteiger partial charge in [0.2, 0.25) is 5.91 Å². The van der Waals surface area contributed by atoms with Crippen molar-refractivity contribution in [2.24, 2.45) is 0 Å². The number of carbonyl (C=O) groups is 1. The summed E-state index contributed by atoms with van der Waals surface area (Å²) in [5.41, 5.74) is 2.90. The van der Waals surface area contributed by atoms with E-state index in [9.17, 15) is 4.79 Å². The molecule has 0 aliphatic carbocycles. The van der Waals surface area contributed by atoms with Crippen LogP contribution in [0.1, 0.15) is 18.4 Å². The van der Waals surface area contributed by atoms with Crippen molar-refractivity contribution in [3.63, 3.8) is 0 Å². The van der Waals surface area contributed by atoms with Crippen LogP contribution in [0.25, 0.3) is 11.3 Å². The molecule has 0 radical (unpaired) electrons. The van der Waals surface area contributed by atoms with Gasteiger partial charge in [0, 0.05) is 37.3 Å². The first kappa shape index (κ1) is 13.7. The third-order valence-electron chi connectivity index (χ3n) is 3.49. The fourth-order valence-corrected chi connectivity index (χ4v) is 2.35. The van der Waals surface area contributed by atoms with Crippen LogP contribution in [-0.4, -0.2) is 28.6 Å². The quantitative estimate of drug-likeness (QED) is 0.931. The van der Waals surface area contributed by atoms with Crippen molar-refractivity contribution in [1.29, 1.82) is 0 Å². The van der Waals surface area contributed by atoms with Crippen molar-refractivity contribution in [2.45, 2.75) is 25.5 Å². The van der Waals surface area contributed by atoms with E-state index in [-0.39, 0.29) is 12.0 Å². The molecule has 1 fully saturated rings. The van der Waals surface area contributed by atoms with Crippen LogP contribution in [0.4, 0.5) is 0 Å². The maximum atomic E-state index is 11.9. The average Bonchev–Trinajstić information content (AvgIpc) is 3.08. The van der Waals surface area contributed by atoms with Gasteiger partial charge in [0.05, 0.1) is 5.69 Å². The van der Waals surface area contributed by atoms with Crippen molar-refractivity contribution in [1.82, 2.24) is 15.3 Å². The van der Waals surface area contributed by atoms with Gasteiger partial charge in [-0.25, -0.2) is 0 Å². The number of hydrogen-bond acceptors (Lipinski definition) is 4. The highest BCUT2D eigenvalue weighted by atomic mass is 16.5. The van der Waals surface area contributed by atoms with E-state index in [1.165, 1.54) is 0 Å². The molecule has 0 aromatic carbocycles. The van der Waals surface area contributed by atoms with Gasteiger partial charge in [-0.15, -0.1) is 0 Å². The van der Waals surface area contributed by atoms with Gasteiger partial charge in [0.15, 0.2) is 0 Å². The maximum Gasteiger partial charge on any atom is 0.249 e. The summed E-state index contributed by atoms with van der Waals surface area (Å²) in [7, 11) is 0. The Morgan fingerprint density at radius 3 is 2.90 bits per heavy atom. The molecule has 5 heteroatoms. The second-order valence-corrected chi connectivity index (χ2v) is 5.00. The van der Waals surface area contributed by atoms with Crippen molar-refractivity contribution >= 4 is 5.91 Å². The van der Waals surface area contributed by atoms with Gasteiger partial charge < -0.3 is 10.1 Å². The van der Waals surface area contributed by atoms with Gasteiger partial charge in [-0.05, 0) is 42.7 Å². The minimum absolute atomic E-state index is 0.0326. The molecule has 5 nitrogen and oxygen atoms in total. The largest absolute Gasteiger partial charge is 0.368 e. The highest BCUT2D eigenvalue weighted by molar-refractivity contribution is 5.80. The Kier molecular flexibility index (Phi) is 4.21. The lowest BCUT2D eigenvalue weighted by Gasteiger charge is -2.11. The Balaban J connectivity index is 1.65. The zero-order chi connectivity index (χ0) is 14.5. The number of aromatic nitrogens is 2. The van der Waals surface area contributed by atoms with Crippen molar-refractivity contribution < 1.29 is 9.53 Å². The molecule has 3 heterocycles. The molecule has 1 N–H and O–H groups in total. The van der Waals surface area contributed by atoms with E-state index in [2.05, 4.69) is 15.3 Å². The predicted octanol–water partition coefficient (Wildman–Crippen LogP) is 1.94. The van der Waals surface area contributed by atoms with Crippen LogP contribution in [0, 0.1) is 0 Å². The zero-order valence-electron chi connectivity index (χ0n) is 11.7. The third-order valence-corrected chi connectivity index (χ3v) is 3.49. The van der Waals surface area contributed by atoms with Crippen LogP contribution >= 0.6 is 0 Å². The molecule has 1 atom stereocenters. The molecule has 2 aromatic heterocycles. The highest BCUT2D eigenvalue weighted by Gasteiger charge is 2.22. The van der Waals surface area contributed by atoms with E-state index in [1.54, 1.807) is 18.6 Å². The second-order valence-electron chi connectivity index (χ2n) is 5.00. The van der Waals surface area contributed by atoms with Crippen molar-refractivity contribution in [2.75, 3.05) is 6.61 Å². The lowest BCUT2D eigenvalue weighted by molar-refractivity contribution is -0.130. The van der Waals surface area contributed by atoms with Crippen molar-refractivity contribution in [3.05, 3.63) is 48.4 Å². The Labute approximate surface area is 123 Å². The summed E-state index contributed by atoms with van der Waals surface area (Å²) in [6, 6.07) is 7.71. The molecule has 1 amide bonds. The Morgan fingerprint density at radius 1 is 1.29 bits per heavy atom. The number of carbonyl (C=O) groups excluding carboxylic acids is 1. The minimum atomic E-state index is -0.286. The highest BCUT2D eigenvalue weighted by Crippen LogP contribution is 2.17. The van der Waals surface area contributed by atoms with E-state index in [1.807, 2.05) is 24.3 Å². The number of ether oxygens (including phenoxy) is 1. The SMILES string of the molecule is O=C(NCc1ccnc(-c2ccncc2)c1)C1CCCO1. The molecule has 108 valence electrons. The van der Waals surface area contributed by atoms with Crippen LogP contribution in [0.15, 0.2) is 42.9 Å². The lowest BCUT2D eigenvalue weighted by Crippen LogP contribution is -2.33. The van der Waals surface area contributed by atoms with Crippen LogP contribution in [0.5, 0.6) is 0 Å². The predicted molar refractivity (Wildman–Crippen MR) is 78.3 cm³/mol. The van der Waals surface area contributed by atoms with E-state index >= 15 is 0 Å². The summed E-state index contributed by atoms with van der Waals surface area (Å²) in [5, 5.41) is 2.92. The maximum absolute atomic E-state index is 11.9. The fourth-order valence-electron chi connectivity index (χ4n) is 2.35. The van der Waals surface area contributed by atoms with Crippen LogP contribution in [0.3, 0.4) is 0 Å². The van der Waals surface area contributed by atoms with Gasteiger partial charge in [-0.1, -0.05) is 0 Å². The number of pyridine rings is 2. The van der Waals surface area contributed by atoms with Gasteiger partial charge in [-0.2, -0.15) is 0 Å². The molecule has 0 bridgehead atoms. The third kappa shape index (κ3) is 3.44. The summed E-state index contributed by atoms with van der Waals surface area (Å²) in [6.45, 7) is 1.17. The number of nitrogens with one attached hydrogen (secondary N) is 1. The molecule has 1 saturated heterocycles. The summed E-state index contributed by atoms with van der Waals surface area (Å²) >= 11 is 0. The Hall–Kier alpha value is -2.27. The monoisotopic (exact) mass is 283 g/mol. The molecule has 1 unspecified atom stereocenters. The number of hydrogen-bond donors (Lipinski definition) is 1. The smallest absolute Gasteiger partial charge is 0.249 e. The molecule has 2 aromatic rings. The van der Waals surface area contributed by atoms with Gasteiger partial charge >= 0.3 is 0 Å². The normalized spacial score (nSPS) is 17.6.